The Labute approximate surface area is 78.2 Å². The third-order valence-corrected chi connectivity index (χ3v) is 2.38. The summed E-state index contributed by atoms with van der Waals surface area (Å²) in [6, 6.07) is 0. The SMILES string of the molecule is CCCCCC(O)(CS)C(=O)O. The lowest BCUT2D eigenvalue weighted by Gasteiger charge is -2.20. The fraction of sp³-hybridized carbons (Fsp3) is 0.875. The van der Waals surface area contributed by atoms with Crippen molar-refractivity contribution in [2.45, 2.75) is 38.2 Å². The molecule has 0 saturated heterocycles. The first kappa shape index (κ1) is 11.8. The minimum absolute atomic E-state index is 0.0218. The fourth-order valence-electron chi connectivity index (χ4n) is 0.921. The van der Waals surface area contributed by atoms with Crippen molar-refractivity contribution in [2.24, 2.45) is 0 Å². The van der Waals surface area contributed by atoms with E-state index in [1.54, 1.807) is 0 Å². The van der Waals surface area contributed by atoms with Gasteiger partial charge in [-0.1, -0.05) is 19.8 Å². The van der Waals surface area contributed by atoms with Gasteiger partial charge in [-0.05, 0) is 12.8 Å². The van der Waals surface area contributed by atoms with Crippen LogP contribution in [0.1, 0.15) is 32.6 Å². The Bertz CT molecular complexity index is 149. The Morgan fingerprint density at radius 3 is 2.42 bits per heavy atom. The number of hydrogen-bond acceptors (Lipinski definition) is 3. The largest absolute Gasteiger partial charge is 0.479 e. The van der Waals surface area contributed by atoms with Crippen molar-refractivity contribution in [3.8, 4) is 0 Å². The van der Waals surface area contributed by atoms with Gasteiger partial charge in [-0.2, -0.15) is 12.6 Å². The van der Waals surface area contributed by atoms with E-state index in [1.807, 2.05) is 6.92 Å². The molecule has 0 amide bonds. The van der Waals surface area contributed by atoms with Crippen LogP contribution in [0.25, 0.3) is 0 Å². The zero-order valence-corrected chi connectivity index (χ0v) is 8.18. The van der Waals surface area contributed by atoms with Crippen molar-refractivity contribution < 1.29 is 15.0 Å². The normalized spacial score (nSPS) is 15.6. The molecule has 0 aromatic carbocycles. The highest BCUT2D eigenvalue weighted by molar-refractivity contribution is 7.80. The first-order valence-electron chi connectivity index (χ1n) is 4.13. The molecule has 1 atom stereocenters. The molecule has 3 nitrogen and oxygen atoms in total. The third kappa shape index (κ3) is 3.45. The second-order valence-electron chi connectivity index (χ2n) is 2.95. The molecule has 12 heavy (non-hydrogen) atoms. The first-order chi connectivity index (χ1) is 5.56. The first-order valence-corrected chi connectivity index (χ1v) is 4.76. The van der Waals surface area contributed by atoms with Gasteiger partial charge in [0.1, 0.15) is 0 Å². The number of carbonyl (C=O) groups is 1. The Morgan fingerprint density at radius 1 is 1.50 bits per heavy atom. The molecule has 0 spiro atoms. The second-order valence-corrected chi connectivity index (χ2v) is 3.27. The van der Waals surface area contributed by atoms with Gasteiger partial charge in [-0.25, -0.2) is 4.79 Å². The molecule has 0 aliphatic rings. The molecule has 0 radical (unpaired) electrons. The molecule has 1 unspecified atom stereocenters. The molecule has 0 saturated carbocycles. The number of rotatable bonds is 6. The van der Waals surface area contributed by atoms with Gasteiger partial charge in [0.2, 0.25) is 0 Å². The molecule has 0 aliphatic heterocycles. The Morgan fingerprint density at radius 2 is 2.08 bits per heavy atom. The van der Waals surface area contributed by atoms with Crippen LogP contribution in [0.15, 0.2) is 0 Å². The van der Waals surface area contributed by atoms with Crippen molar-refractivity contribution >= 4 is 18.6 Å². The molecular weight excluding hydrogens is 176 g/mol. The van der Waals surface area contributed by atoms with Gasteiger partial charge in [-0.3, -0.25) is 0 Å². The number of thiol groups is 1. The quantitative estimate of drug-likeness (QED) is 0.439. The lowest BCUT2D eigenvalue weighted by molar-refractivity contribution is -0.156. The van der Waals surface area contributed by atoms with Crippen molar-refractivity contribution in [1.82, 2.24) is 0 Å². The van der Waals surface area contributed by atoms with Crippen molar-refractivity contribution in [1.29, 1.82) is 0 Å². The fourth-order valence-corrected chi connectivity index (χ4v) is 1.21. The highest BCUT2D eigenvalue weighted by Crippen LogP contribution is 2.16. The van der Waals surface area contributed by atoms with Crippen LogP contribution in [-0.2, 0) is 4.79 Å². The summed E-state index contributed by atoms with van der Waals surface area (Å²) >= 11 is 3.81. The van der Waals surface area contributed by atoms with Crippen LogP contribution in [0.4, 0.5) is 0 Å². The average molecular weight is 192 g/mol. The van der Waals surface area contributed by atoms with Gasteiger partial charge in [0, 0.05) is 5.75 Å². The summed E-state index contributed by atoms with van der Waals surface area (Å²) in [5.74, 6) is -1.19. The van der Waals surface area contributed by atoms with Crippen LogP contribution in [0.5, 0.6) is 0 Å². The molecule has 0 fully saturated rings. The number of carboxylic acid groups (broad SMARTS) is 1. The van der Waals surface area contributed by atoms with Crippen LogP contribution in [0, 0.1) is 0 Å². The predicted molar refractivity (Wildman–Crippen MR) is 50.6 cm³/mol. The molecule has 0 bridgehead atoms. The van der Waals surface area contributed by atoms with E-state index in [9.17, 15) is 9.90 Å². The minimum Gasteiger partial charge on any atom is -0.479 e. The average Bonchev–Trinajstić information content (AvgIpc) is 2.04. The smallest absolute Gasteiger partial charge is 0.336 e. The molecular formula is C8H16O3S. The number of carboxylic acids is 1. The Balaban J connectivity index is 3.88. The standard InChI is InChI=1S/C8H16O3S/c1-2-3-4-5-8(11,6-12)7(9)10/h11-12H,2-6H2,1H3,(H,9,10). The maximum atomic E-state index is 10.5. The van der Waals surface area contributed by atoms with Crippen LogP contribution >= 0.6 is 12.6 Å². The van der Waals surface area contributed by atoms with E-state index in [0.717, 1.165) is 19.3 Å². The lowest BCUT2D eigenvalue weighted by atomic mass is 9.98. The van der Waals surface area contributed by atoms with E-state index in [0.29, 0.717) is 6.42 Å². The number of aliphatic hydroxyl groups is 1. The summed E-state index contributed by atoms with van der Waals surface area (Å²) in [5, 5.41) is 18.1. The third-order valence-electron chi connectivity index (χ3n) is 1.85. The van der Waals surface area contributed by atoms with Crippen molar-refractivity contribution in [3.05, 3.63) is 0 Å². The highest BCUT2D eigenvalue weighted by Gasteiger charge is 2.33. The van der Waals surface area contributed by atoms with Crippen LogP contribution in [0.3, 0.4) is 0 Å². The zero-order valence-electron chi connectivity index (χ0n) is 7.29. The summed E-state index contributed by atoms with van der Waals surface area (Å²) in [7, 11) is 0. The van der Waals surface area contributed by atoms with Gasteiger partial charge >= 0.3 is 5.97 Å². The molecule has 0 aromatic rings. The maximum absolute atomic E-state index is 10.5. The van der Waals surface area contributed by atoms with Gasteiger partial charge < -0.3 is 10.2 Å². The number of unbranched alkanes of at least 4 members (excludes halogenated alkanes) is 2. The lowest BCUT2D eigenvalue weighted by Crippen LogP contribution is -2.40. The van der Waals surface area contributed by atoms with E-state index in [1.165, 1.54) is 0 Å². The zero-order chi connectivity index (χ0) is 9.61. The summed E-state index contributed by atoms with van der Waals surface area (Å²) in [4.78, 5) is 10.5. The van der Waals surface area contributed by atoms with Crippen LogP contribution in [0.2, 0.25) is 0 Å². The molecule has 0 heterocycles. The summed E-state index contributed by atoms with van der Waals surface area (Å²) in [6.45, 7) is 2.03. The van der Waals surface area contributed by atoms with Gasteiger partial charge in [0.05, 0.1) is 0 Å². The second kappa shape index (κ2) is 5.43. The molecule has 72 valence electrons. The summed E-state index contributed by atoms with van der Waals surface area (Å²) in [6.07, 6.45) is 2.99. The molecule has 4 heteroatoms. The summed E-state index contributed by atoms with van der Waals surface area (Å²) in [5.41, 5.74) is -1.63. The topological polar surface area (TPSA) is 57.5 Å². The maximum Gasteiger partial charge on any atom is 0.336 e. The van der Waals surface area contributed by atoms with Crippen LogP contribution in [-0.4, -0.2) is 27.5 Å². The van der Waals surface area contributed by atoms with E-state index < -0.39 is 11.6 Å². The van der Waals surface area contributed by atoms with E-state index >= 15 is 0 Å². The number of aliphatic carboxylic acids is 1. The number of hydrogen-bond donors (Lipinski definition) is 3. The van der Waals surface area contributed by atoms with E-state index in [4.69, 9.17) is 5.11 Å². The molecule has 0 rings (SSSR count). The van der Waals surface area contributed by atoms with E-state index in [2.05, 4.69) is 12.6 Å². The Hall–Kier alpha value is -0.220. The summed E-state index contributed by atoms with van der Waals surface area (Å²) < 4.78 is 0. The Kier molecular flexibility index (Phi) is 5.33. The predicted octanol–water partition coefficient (Wildman–Crippen LogP) is 1.31. The van der Waals surface area contributed by atoms with E-state index in [-0.39, 0.29) is 5.75 Å². The minimum atomic E-state index is -1.63. The van der Waals surface area contributed by atoms with Crippen molar-refractivity contribution in [2.75, 3.05) is 5.75 Å². The van der Waals surface area contributed by atoms with Gasteiger partial charge in [-0.15, -0.1) is 0 Å². The molecule has 0 aliphatic carbocycles. The van der Waals surface area contributed by atoms with Crippen LogP contribution < -0.4 is 0 Å². The van der Waals surface area contributed by atoms with Gasteiger partial charge in [0.25, 0.3) is 0 Å². The molecule has 0 aromatic heterocycles. The highest BCUT2D eigenvalue weighted by atomic mass is 32.1. The molecule has 2 N–H and O–H groups in total. The monoisotopic (exact) mass is 192 g/mol. The van der Waals surface area contributed by atoms with Gasteiger partial charge in [0.15, 0.2) is 5.60 Å². The van der Waals surface area contributed by atoms with Crippen molar-refractivity contribution in [3.63, 3.8) is 0 Å².